The molecule has 0 aromatic heterocycles. The summed E-state index contributed by atoms with van der Waals surface area (Å²) in [5, 5.41) is 8.15. The van der Waals surface area contributed by atoms with Gasteiger partial charge >= 0.3 is 6.03 Å². The number of anilines is 1. The van der Waals surface area contributed by atoms with Crippen molar-refractivity contribution < 1.29 is 14.4 Å². The number of carbonyl (C=O) groups is 3. The maximum Gasteiger partial charge on any atom is 0.321 e. The van der Waals surface area contributed by atoms with Crippen molar-refractivity contribution in [2.45, 2.75) is 65.0 Å². The van der Waals surface area contributed by atoms with Crippen LogP contribution < -0.4 is 16.0 Å². The van der Waals surface area contributed by atoms with Gasteiger partial charge in [0, 0.05) is 11.7 Å². The molecule has 0 bridgehead atoms. The van der Waals surface area contributed by atoms with Crippen molar-refractivity contribution in [1.29, 1.82) is 0 Å². The normalized spacial score (nSPS) is 15.3. The molecule has 1 atom stereocenters. The smallest absolute Gasteiger partial charge is 0.321 e. The number of hydrogen-bond acceptors (Lipinski definition) is 4. The minimum absolute atomic E-state index is 0.0843. The first-order valence-corrected chi connectivity index (χ1v) is 10.1. The summed E-state index contributed by atoms with van der Waals surface area (Å²) in [5.74, 6) is -0.578. The molecule has 0 radical (unpaired) electrons. The Hall–Kier alpha value is -2.41. The minimum atomic E-state index is -0.586. The Bertz CT molecular complexity index is 686. The predicted octanol–water partition coefficient (Wildman–Crippen LogP) is 2.80. The first-order valence-electron chi connectivity index (χ1n) is 10.1. The quantitative estimate of drug-likeness (QED) is 0.639. The van der Waals surface area contributed by atoms with Crippen molar-refractivity contribution in [2.24, 2.45) is 0 Å². The lowest BCUT2D eigenvalue weighted by molar-refractivity contribution is -0.126. The van der Waals surface area contributed by atoms with Crippen LogP contribution in [0.5, 0.6) is 0 Å². The molecular formula is C21H32N4O3. The Morgan fingerprint density at radius 2 is 1.86 bits per heavy atom. The van der Waals surface area contributed by atoms with Gasteiger partial charge in [-0.3, -0.25) is 19.8 Å². The van der Waals surface area contributed by atoms with E-state index in [0.717, 1.165) is 43.4 Å². The summed E-state index contributed by atoms with van der Waals surface area (Å²) in [6, 6.07) is 6.67. The van der Waals surface area contributed by atoms with Crippen LogP contribution in [0, 0.1) is 6.92 Å². The Kier molecular flexibility index (Phi) is 8.44. The standard InChI is InChI=1S/C21H32N4O3/c1-4-13-25(14-19(26)23-18-12-8-5-9-15(18)2)16(3)20(27)24-21(28)22-17-10-6-7-11-17/h5,8-9,12,16-17H,4,6-7,10-11,13-14H2,1-3H3,(H,23,26)(H2,22,24,27,28). The van der Waals surface area contributed by atoms with Gasteiger partial charge in [-0.1, -0.05) is 38.0 Å². The van der Waals surface area contributed by atoms with E-state index in [1.54, 1.807) is 11.8 Å². The predicted molar refractivity (Wildman–Crippen MR) is 110 cm³/mol. The highest BCUT2D eigenvalue weighted by atomic mass is 16.2. The molecule has 154 valence electrons. The second kappa shape index (κ2) is 10.8. The zero-order valence-corrected chi connectivity index (χ0v) is 17.1. The molecule has 2 rings (SSSR count). The summed E-state index contributed by atoms with van der Waals surface area (Å²) in [6.45, 7) is 6.30. The van der Waals surface area contributed by atoms with Crippen molar-refractivity contribution in [3.8, 4) is 0 Å². The van der Waals surface area contributed by atoms with E-state index >= 15 is 0 Å². The molecule has 1 unspecified atom stereocenters. The van der Waals surface area contributed by atoms with E-state index < -0.39 is 18.0 Å². The van der Waals surface area contributed by atoms with Crippen molar-refractivity contribution in [2.75, 3.05) is 18.4 Å². The van der Waals surface area contributed by atoms with Crippen molar-refractivity contribution in [3.63, 3.8) is 0 Å². The van der Waals surface area contributed by atoms with E-state index in [4.69, 9.17) is 0 Å². The molecule has 0 aliphatic heterocycles. The van der Waals surface area contributed by atoms with E-state index in [1.165, 1.54) is 0 Å². The van der Waals surface area contributed by atoms with Crippen LogP contribution in [0.25, 0.3) is 0 Å². The molecule has 1 aliphatic carbocycles. The third kappa shape index (κ3) is 6.64. The van der Waals surface area contributed by atoms with Crippen LogP contribution in [0.3, 0.4) is 0 Å². The summed E-state index contributed by atoms with van der Waals surface area (Å²) < 4.78 is 0. The molecule has 7 nitrogen and oxygen atoms in total. The molecule has 0 saturated heterocycles. The number of amides is 4. The summed E-state index contributed by atoms with van der Waals surface area (Å²) in [6.07, 6.45) is 4.92. The van der Waals surface area contributed by atoms with Gasteiger partial charge in [0.05, 0.1) is 12.6 Å². The lowest BCUT2D eigenvalue weighted by Gasteiger charge is -2.27. The van der Waals surface area contributed by atoms with E-state index in [0.29, 0.717) is 6.54 Å². The molecule has 1 saturated carbocycles. The zero-order valence-electron chi connectivity index (χ0n) is 17.1. The largest absolute Gasteiger partial charge is 0.335 e. The number of rotatable bonds is 8. The molecule has 3 N–H and O–H groups in total. The number of benzene rings is 1. The zero-order chi connectivity index (χ0) is 20.5. The molecule has 4 amide bonds. The molecule has 1 aromatic rings. The summed E-state index contributed by atoms with van der Waals surface area (Å²) in [4.78, 5) is 38.8. The lowest BCUT2D eigenvalue weighted by Crippen LogP contribution is -2.52. The monoisotopic (exact) mass is 388 g/mol. The molecule has 1 aromatic carbocycles. The Balaban J connectivity index is 1.89. The number of carbonyl (C=O) groups excluding carboxylic acids is 3. The maximum absolute atomic E-state index is 12.5. The summed E-state index contributed by atoms with van der Waals surface area (Å²) >= 11 is 0. The van der Waals surface area contributed by atoms with Crippen LogP contribution in [0.2, 0.25) is 0 Å². The number of aryl methyl sites for hydroxylation is 1. The van der Waals surface area contributed by atoms with E-state index in [2.05, 4.69) is 16.0 Å². The van der Waals surface area contributed by atoms with Crippen molar-refractivity contribution in [1.82, 2.24) is 15.5 Å². The number of nitrogens with one attached hydrogen (secondary N) is 3. The van der Waals surface area contributed by atoms with Crippen molar-refractivity contribution >= 4 is 23.5 Å². The van der Waals surface area contributed by atoms with Gasteiger partial charge in [0.2, 0.25) is 11.8 Å². The van der Waals surface area contributed by atoms with Crippen LogP contribution in [0.4, 0.5) is 10.5 Å². The fraction of sp³-hybridized carbons (Fsp3) is 0.571. The average molecular weight is 389 g/mol. The fourth-order valence-electron chi connectivity index (χ4n) is 3.46. The number of hydrogen-bond donors (Lipinski definition) is 3. The minimum Gasteiger partial charge on any atom is -0.335 e. The first-order chi connectivity index (χ1) is 13.4. The highest BCUT2D eigenvalue weighted by Gasteiger charge is 2.25. The van der Waals surface area contributed by atoms with Gasteiger partial charge in [0.25, 0.3) is 0 Å². The van der Waals surface area contributed by atoms with Crippen LogP contribution in [0.1, 0.15) is 51.5 Å². The Morgan fingerprint density at radius 3 is 2.50 bits per heavy atom. The number of urea groups is 1. The van der Waals surface area contributed by atoms with Crippen LogP contribution >= 0.6 is 0 Å². The fourth-order valence-corrected chi connectivity index (χ4v) is 3.46. The third-order valence-electron chi connectivity index (χ3n) is 5.13. The molecule has 0 spiro atoms. The molecule has 0 heterocycles. The molecular weight excluding hydrogens is 356 g/mol. The van der Waals surface area contributed by atoms with Crippen molar-refractivity contribution in [3.05, 3.63) is 29.8 Å². The third-order valence-corrected chi connectivity index (χ3v) is 5.13. The van der Waals surface area contributed by atoms with Gasteiger partial charge in [0.1, 0.15) is 0 Å². The van der Waals surface area contributed by atoms with Gasteiger partial charge < -0.3 is 10.6 Å². The highest BCUT2D eigenvalue weighted by Crippen LogP contribution is 2.17. The topological polar surface area (TPSA) is 90.5 Å². The van der Waals surface area contributed by atoms with Gasteiger partial charge in [0.15, 0.2) is 0 Å². The number of imide groups is 1. The van der Waals surface area contributed by atoms with Crippen LogP contribution in [0.15, 0.2) is 24.3 Å². The lowest BCUT2D eigenvalue weighted by atomic mass is 10.2. The van der Waals surface area contributed by atoms with E-state index in [1.807, 2.05) is 38.1 Å². The Labute approximate surface area is 167 Å². The number of nitrogens with zero attached hydrogens (tertiary/aromatic N) is 1. The van der Waals surface area contributed by atoms with E-state index in [9.17, 15) is 14.4 Å². The molecule has 1 aliphatic rings. The SMILES string of the molecule is CCCN(CC(=O)Nc1ccccc1C)C(C)C(=O)NC(=O)NC1CCCC1. The Morgan fingerprint density at radius 1 is 1.18 bits per heavy atom. The maximum atomic E-state index is 12.5. The van der Waals surface area contributed by atoms with Gasteiger partial charge in [-0.15, -0.1) is 0 Å². The summed E-state index contributed by atoms with van der Waals surface area (Å²) in [7, 11) is 0. The summed E-state index contributed by atoms with van der Waals surface area (Å²) in [5.41, 5.74) is 1.74. The van der Waals surface area contributed by atoms with Gasteiger partial charge in [-0.2, -0.15) is 0 Å². The van der Waals surface area contributed by atoms with Crippen LogP contribution in [-0.2, 0) is 9.59 Å². The number of para-hydroxylation sites is 1. The molecule has 1 fully saturated rings. The highest BCUT2D eigenvalue weighted by molar-refractivity contribution is 5.97. The second-order valence-corrected chi connectivity index (χ2v) is 7.45. The van der Waals surface area contributed by atoms with Gasteiger partial charge in [-0.25, -0.2) is 4.79 Å². The van der Waals surface area contributed by atoms with E-state index in [-0.39, 0.29) is 18.5 Å². The van der Waals surface area contributed by atoms with Crippen LogP contribution in [-0.4, -0.2) is 47.9 Å². The van der Waals surface area contributed by atoms with Gasteiger partial charge in [-0.05, 0) is 51.3 Å². The second-order valence-electron chi connectivity index (χ2n) is 7.45. The molecule has 28 heavy (non-hydrogen) atoms. The molecule has 7 heteroatoms. The average Bonchev–Trinajstić information content (AvgIpc) is 3.15. The first kappa shape index (κ1) is 21.9.